The summed E-state index contributed by atoms with van der Waals surface area (Å²) >= 11 is 0. The van der Waals surface area contributed by atoms with E-state index in [1.165, 1.54) is 0 Å². The van der Waals surface area contributed by atoms with Gasteiger partial charge >= 0.3 is 0 Å². The number of piperidine rings is 1. The molecule has 3 rings (SSSR count). The molecule has 25 heavy (non-hydrogen) atoms. The van der Waals surface area contributed by atoms with Gasteiger partial charge < -0.3 is 9.42 Å². The zero-order chi connectivity index (χ0) is 18.0. The van der Waals surface area contributed by atoms with E-state index in [0.717, 1.165) is 49.4 Å². The molecule has 2 aromatic rings. The van der Waals surface area contributed by atoms with Gasteiger partial charge in [-0.25, -0.2) is 0 Å². The van der Waals surface area contributed by atoms with E-state index in [1.54, 1.807) is 4.68 Å². The molecule has 0 radical (unpaired) electrons. The number of carbonyl (C=O) groups is 1. The van der Waals surface area contributed by atoms with Crippen LogP contribution in [0.1, 0.15) is 62.3 Å². The fourth-order valence-electron chi connectivity index (χ4n) is 3.39. The molecule has 2 aromatic heterocycles. The number of amides is 1. The van der Waals surface area contributed by atoms with Crippen LogP contribution in [0.3, 0.4) is 0 Å². The predicted octanol–water partition coefficient (Wildman–Crippen LogP) is 2.84. The molecule has 1 aliphatic rings. The van der Waals surface area contributed by atoms with Crippen molar-refractivity contribution in [2.45, 2.75) is 66.0 Å². The highest BCUT2D eigenvalue weighted by Gasteiger charge is 2.32. The highest BCUT2D eigenvalue weighted by molar-refractivity contribution is 5.76. The van der Waals surface area contributed by atoms with Gasteiger partial charge in [-0.1, -0.05) is 19.0 Å². The second-order valence-electron chi connectivity index (χ2n) is 7.33. The Morgan fingerprint density at radius 2 is 2.16 bits per heavy atom. The number of likely N-dealkylation sites (tertiary alicyclic amines) is 1. The molecule has 0 N–H and O–H groups in total. The molecule has 0 aromatic carbocycles. The van der Waals surface area contributed by atoms with Gasteiger partial charge in [0.15, 0.2) is 5.82 Å². The fraction of sp³-hybridized carbons (Fsp3) is 0.667. The number of aryl methyl sites for hydroxylation is 2. The third kappa shape index (κ3) is 4.08. The van der Waals surface area contributed by atoms with Crippen molar-refractivity contribution in [1.82, 2.24) is 24.8 Å². The topological polar surface area (TPSA) is 77.0 Å². The summed E-state index contributed by atoms with van der Waals surface area (Å²) in [6, 6.07) is 1.86. The maximum absolute atomic E-state index is 12.9. The average Bonchev–Trinajstić information content (AvgIpc) is 3.13. The van der Waals surface area contributed by atoms with Crippen molar-refractivity contribution >= 4 is 5.91 Å². The first-order valence-corrected chi connectivity index (χ1v) is 9.07. The van der Waals surface area contributed by atoms with Crippen LogP contribution in [0.2, 0.25) is 0 Å². The summed E-state index contributed by atoms with van der Waals surface area (Å²) in [4.78, 5) is 19.3. The summed E-state index contributed by atoms with van der Waals surface area (Å²) < 4.78 is 7.25. The van der Waals surface area contributed by atoms with Crippen LogP contribution >= 0.6 is 0 Å². The van der Waals surface area contributed by atoms with Crippen molar-refractivity contribution < 1.29 is 9.32 Å². The molecule has 0 aliphatic carbocycles. The summed E-state index contributed by atoms with van der Waals surface area (Å²) in [5, 5.41) is 8.48. The van der Waals surface area contributed by atoms with Gasteiger partial charge in [-0.15, -0.1) is 0 Å². The Bertz CT molecular complexity index is 734. The van der Waals surface area contributed by atoms with E-state index < -0.39 is 0 Å². The lowest BCUT2D eigenvalue weighted by atomic mass is 10.0. The largest absolute Gasteiger partial charge is 0.337 e. The fourth-order valence-corrected chi connectivity index (χ4v) is 3.39. The number of aromatic nitrogens is 4. The van der Waals surface area contributed by atoms with Crippen molar-refractivity contribution in [3.05, 3.63) is 29.2 Å². The van der Waals surface area contributed by atoms with Crippen molar-refractivity contribution in [2.24, 2.45) is 5.92 Å². The minimum Gasteiger partial charge on any atom is -0.337 e. The van der Waals surface area contributed by atoms with E-state index >= 15 is 0 Å². The maximum atomic E-state index is 12.9. The highest BCUT2D eigenvalue weighted by atomic mass is 16.5. The monoisotopic (exact) mass is 345 g/mol. The minimum absolute atomic E-state index is 0.0551. The van der Waals surface area contributed by atoms with Gasteiger partial charge in [0.1, 0.15) is 12.6 Å². The summed E-state index contributed by atoms with van der Waals surface area (Å²) in [5.74, 6) is 1.82. The molecule has 3 heterocycles. The molecule has 136 valence electrons. The van der Waals surface area contributed by atoms with Crippen molar-refractivity contribution in [3.63, 3.8) is 0 Å². The molecule has 1 fully saturated rings. The highest BCUT2D eigenvalue weighted by Crippen LogP contribution is 2.30. The second kappa shape index (κ2) is 7.37. The summed E-state index contributed by atoms with van der Waals surface area (Å²) in [7, 11) is 0. The van der Waals surface area contributed by atoms with Gasteiger partial charge in [-0.05, 0) is 45.1 Å². The van der Waals surface area contributed by atoms with Crippen LogP contribution in [0.4, 0.5) is 0 Å². The maximum Gasteiger partial charge on any atom is 0.249 e. The molecule has 7 nitrogen and oxygen atoms in total. The van der Waals surface area contributed by atoms with Crippen molar-refractivity contribution in [2.75, 3.05) is 6.54 Å². The van der Waals surface area contributed by atoms with Gasteiger partial charge in [0.25, 0.3) is 0 Å². The lowest BCUT2D eigenvalue weighted by Gasteiger charge is -2.33. The van der Waals surface area contributed by atoms with Gasteiger partial charge in [0.2, 0.25) is 11.8 Å². The van der Waals surface area contributed by atoms with Crippen LogP contribution in [0.15, 0.2) is 10.6 Å². The molecular weight excluding hydrogens is 318 g/mol. The van der Waals surface area contributed by atoms with E-state index in [9.17, 15) is 4.79 Å². The number of nitrogens with zero attached hydrogens (tertiary/aromatic N) is 5. The number of rotatable bonds is 5. The van der Waals surface area contributed by atoms with Gasteiger partial charge in [0.05, 0.1) is 5.69 Å². The Balaban J connectivity index is 1.75. The van der Waals surface area contributed by atoms with Crippen molar-refractivity contribution in [1.29, 1.82) is 0 Å². The Morgan fingerprint density at radius 1 is 1.36 bits per heavy atom. The van der Waals surface area contributed by atoms with Gasteiger partial charge in [-0.3, -0.25) is 9.48 Å². The van der Waals surface area contributed by atoms with Gasteiger partial charge in [-0.2, -0.15) is 10.1 Å². The smallest absolute Gasteiger partial charge is 0.249 e. The predicted molar refractivity (Wildman–Crippen MR) is 92.8 cm³/mol. The summed E-state index contributed by atoms with van der Waals surface area (Å²) in [5.41, 5.74) is 1.92. The molecular formula is C18H27N5O2. The van der Waals surface area contributed by atoms with E-state index in [2.05, 4.69) is 29.1 Å². The van der Waals surface area contributed by atoms with E-state index in [4.69, 9.17) is 4.52 Å². The van der Waals surface area contributed by atoms with Crippen LogP contribution in [-0.2, 0) is 17.8 Å². The molecule has 0 spiro atoms. The Morgan fingerprint density at radius 3 is 2.84 bits per heavy atom. The first-order chi connectivity index (χ1) is 11.9. The molecule has 1 saturated heterocycles. The lowest BCUT2D eigenvalue weighted by Crippen LogP contribution is -2.40. The van der Waals surface area contributed by atoms with E-state index in [0.29, 0.717) is 11.8 Å². The Kier molecular flexibility index (Phi) is 5.20. The van der Waals surface area contributed by atoms with Crippen LogP contribution in [-0.4, -0.2) is 37.3 Å². The number of carbonyl (C=O) groups excluding carboxylic acids is 1. The normalized spacial score (nSPS) is 18.1. The number of hydrogen-bond donors (Lipinski definition) is 0. The molecule has 7 heteroatoms. The zero-order valence-electron chi connectivity index (χ0n) is 15.5. The third-order valence-corrected chi connectivity index (χ3v) is 4.57. The second-order valence-corrected chi connectivity index (χ2v) is 7.33. The third-order valence-electron chi connectivity index (χ3n) is 4.57. The molecule has 1 aliphatic heterocycles. The summed E-state index contributed by atoms with van der Waals surface area (Å²) in [6.45, 7) is 9.14. The average molecular weight is 345 g/mol. The summed E-state index contributed by atoms with van der Waals surface area (Å²) in [6.07, 6.45) is 3.73. The van der Waals surface area contributed by atoms with E-state index in [-0.39, 0.29) is 18.5 Å². The van der Waals surface area contributed by atoms with Gasteiger partial charge in [0, 0.05) is 18.7 Å². The van der Waals surface area contributed by atoms with Crippen LogP contribution in [0.25, 0.3) is 0 Å². The minimum atomic E-state index is -0.119. The zero-order valence-corrected chi connectivity index (χ0v) is 15.5. The molecule has 1 atom stereocenters. The lowest BCUT2D eigenvalue weighted by molar-refractivity contribution is -0.136. The van der Waals surface area contributed by atoms with E-state index in [1.807, 2.05) is 24.8 Å². The van der Waals surface area contributed by atoms with Crippen molar-refractivity contribution in [3.8, 4) is 0 Å². The first-order valence-electron chi connectivity index (χ1n) is 9.07. The molecule has 0 saturated carbocycles. The first kappa shape index (κ1) is 17.6. The standard InChI is InChI=1S/C18H27N5O2/c1-12(2)9-16-19-18(25-21-16)15-7-5-6-8-22(15)17(24)11-23-14(4)10-13(3)20-23/h10,12,15H,5-9,11H2,1-4H3/t15-/m0/s1. The number of hydrogen-bond acceptors (Lipinski definition) is 5. The molecule has 0 unspecified atom stereocenters. The van der Waals surface area contributed by atoms with Crippen LogP contribution in [0, 0.1) is 19.8 Å². The molecule has 0 bridgehead atoms. The Labute approximate surface area is 148 Å². The quantitative estimate of drug-likeness (QED) is 0.833. The van der Waals surface area contributed by atoms with Crippen LogP contribution < -0.4 is 0 Å². The molecule has 1 amide bonds. The Hall–Kier alpha value is -2.18. The van der Waals surface area contributed by atoms with Crippen LogP contribution in [0.5, 0.6) is 0 Å². The SMILES string of the molecule is Cc1cc(C)n(CC(=O)N2CCCC[C@H]2c2nc(CC(C)C)no2)n1.